The topological polar surface area (TPSA) is 17.1 Å². The van der Waals surface area contributed by atoms with E-state index >= 15 is 0 Å². The molecule has 0 heterocycles. The summed E-state index contributed by atoms with van der Waals surface area (Å²) < 4.78 is 8.06. The smallest absolute Gasteiger partial charge is 0 e. The summed E-state index contributed by atoms with van der Waals surface area (Å²) in [7, 11) is 0. The van der Waals surface area contributed by atoms with Crippen molar-refractivity contribution < 1.29 is 72.5 Å². The molecule has 0 unspecified atom stereocenters. The second kappa shape index (κ2) is 38.5. The molecule has 0 N–H and O–H groups in total. The van der Waals surface area contributed by atoms with Crippen LogP contribution in [0.25, 0.3) is 0 Å². The van der Waals surface area contributed by atoms with Gasteiger partial charge in [0.1, 0.15) is 0 Å². The van der Waals surface area contributed by atoms with Gasteiger partial charge in [-0.2, -0.15) is 0 Å². The third-order valence-corrected chi connectivity index (χ3v) is 0. The zero-order chi connectivity index (χ0) is 2.00. The van der Waals surface area contributed by atoms with Crippen LogP contribution in [0.3, 0.4) is 0 Å². The molecule has 0 aromatic rings. The number of hydrogen-bond donors (Lipinski definition) is 0. The van der Waals surface area contributed by atoms with Crippen LogP contribution in [0.4, 0.5) is 0 Å². The fourth-order valence-electron chi connectivity index (χ4n) is 0. The van der Waals surface area contributed by atoms with E-state index in [0.717, 1.165) is 0 Å². The minimum absolute atomic E-state index is 0. The van der Waals surface area contributed by atoms with Crippen molar-refractivity contribution in [2.75, 3.05) is 0 Å². The molecule has 34 valence electrons. The Bertz CT molecular complexity index is 11.6. The average molecular weight is 254 g/mol. The maximum atomic E-state index is 8.06. The maximum absolute atomic E-state index is 8.06. The summed E-state index contributed by atoms with van der Waals surface area (Å²) in [5.41, 5.74) is 0. The monoisotopic (exact) mass is 252 g/mol. The van der Waals surface area contributed by atoms with Crippen LogP contribution in [-0.4, -0.2) is 0 Å². The number of hydrogen-bond acceptors (Lipinski definition) is 1. The summed E-state index contributed by atoms with van der Waals surface area (Å²) in [6.45, 7) is 0. The quantitative estimate of drug-likeness (QED) is 0.550. The Morgan fingerprint density at radius 2 is 1.20 bits per heavy atom. The molecule has 0 aliphatic heterocycles. The third kappa shape index (κ3) is 24.5. The fourth-order valence-corrected chi connectivity index (χ4v) is 0. The van der Waals surface area contributed by atoms with Gasteiger partial charge in [0.2, 0.25) is 0 Å². The van der Waals surface area contributed by atoms with Gasteiger partial charge in [0.25, 0.3) is 0 Å². The van der Waals surface area contributed by atoms with Crippen LogP contribution in [0.1, 0.15) is 0 Å². The maximum Gasteiger partial charge on any atom is 0 e. The SMILES string of the molecule is [Co].[Ni].[O]=[Mn].[Zn]. The first-order valence-corrected chi connectivity index (χ1v) is 0.636. The molecule has 0 saturated carbocycles. The summed E-state index contributed by atoms with van der Waals surface area (Å²) >= 11 is 1.69. The molecule has 1 radical (unpaired) electrons. The van der Waals surface area contributed by atoms with E-state index in [1.54, 1.807) is 15.9 Å². The van der Waals surface area contributed by atoms with Crippen molar-refractivity contribution >= 4 is 0 Å². The summed E-state index contributed by atoms with van der Waals surface area (Å²) in [6, 6.07) is 0. The Hall–Kier alpha value is 1.94. The molecule has 5 heavy (non-hydrogen) atoms. The van der Waals surface area contributed by atoms with Crippen LogP contribution in [0.15, 0.2) is 0 Å². The predicted octanol–water partition coefficient (Wildman–Crippen LogP) is -0.129. The van der Waals surface area contributed by atoms with Gasteiger partial charge in [0.05, 0.1) is 0 Å². The second-order valence-electron chi connectivity index (χ2n) is 0. The minimum Gasteiger partial charge on any atom is 0 e. The van der Waals surface area contributed by atoms with E-state index in [1.807, 2.05) is 0 Å². The molecule has 0 amide bonds. The Morgan fingerprint density at radius 1 is 1.20 bits per heavy atom. The van der Waals surface area contributed by atoms with Crippen molar-refractivity contribution in [3.05, 3.63) is 0 Å². The van der Waals surface area contributed by atoms with E-state index in [4.69, 9.17) is 3.83 Å². The molecule has 0 aromatic carbocycles. The van der Waals surface area contributed by atoms with E-state index in [-0.39, 0.29) is 52.7 Å². The van der Waals surface area contributed by atoms with Crippen LogP contribution in [0, 0.1) is 0 Å². The van der Waals surface area contributed by atoms with Crippen molar-refractivity contribution in [2.45, 2.75) is 0 Å². The molecular weight excluding hydrogens is 254 g/mol. The molecule has 0 atom stereocenters. The van der Waals surface area contributed by atoms with Gasteiger partial charge in [0, 0.05) is 52.7 Å². The summed E-state index contributed by atoms with van der Waals surface area (Å²) in [5.74, 6) is 0. The fraction of sp³-hybridized carbons (Fsp3) is 0. The van der Waals surface area contributed by atoms with E-state index < -0.39 is 0 Å². The van der Waals surface area contributed by atoms with E-state index in [2.05, 4.69) is 0 Å². The molecule has 0 saturated heterocycles. The van der Waals surface area contributed by atoms with E-state index in [9.17, 15) is 0 Å². The van der Waals surface area contributed by atoms with Crippen molar-refractivity contribution in [2.24, 2.45) is 0 Å². The average Bonchev–Trinajstić information content (AvgIpc) is 1.00. The minimum atomic E-state index is 0. The first kappa shape index (κ1) is 28.3. The Kier molecular flexibility index (Phi) is 218. The van der Waals surface area contributed by atoms with Crippen molar-refractivity contribution in [1.29, 1.82) is 0 Å². The van der Waals surface area contributed by atoms with Crippen LogP contribution in [0.2, 0.25) is 0 Å². The standard InChI is InChI=1S/Co.Mn.Ni.O.Zn. The second-order valence-corrected chi connectivity index (χ2v) is 0. The number of rotatable bonds is 0. The van der Waals surface area contributed by atoms with Crippen LogP contribution in [0.5, 0.6) is 0 Å². The van der Waals surface area contributed by atoms with Crippen molar-refractivity contribution in [1.82, 2.24) is 0 Å². The van der Waals surface area contributed by atoms with Gasteiger partial charge in [-0.15, -0.1) is 0 Å². The van der Waals surface area contributed by atoms with Crippen LogP contribution >= 0.6 is 0 Å². The van der Waals surface area contributed by atoms with Gasteiger partial charge in [-0.05, 0) is 0 Å². The van der Waals surface area contributed by atoms with Gasteiger partial charge in [0.15, 0.2) is 0 Å². The molecular formula is CoMnNiOZn. The first-order chi connectivity index (χ1) is 1.00. The largest absolute Gasteiger partial charge is 0 e. The van der Waals surface area contributed by atoms with E-state index in [1.165, 1.54) is 0 Å². The van der Waals surface area contributed by atoms with Crippen LogP contribution in [-0.2, 0) is 72.5 Å². The van der Waals surface area contributed by atoms with E-state index in [0.29, 0.717) is 0 Å². The summed E-state index contributed by atoms with van der Waals surface area (Å²) in [4.78, 5) is 0. The van der Waals surface area contributed by atoms with Gasteiger partial charge in [-0.1, -0.05) is 0 Å². The molecule has 0 spiro atoms. The van der Waals surface area contributed by atoms with Crippen molar-refractivity contribution in [3.8, 4) is 0 Å². The Balaban J connectivity index is -0.00000000167. The Morgan fingerprint density at radius 3 is 1.20 bits per heavy atom. The first-order valence-electron chi connectivity index (χ1n) is 0.154. The predicted molar refractivity (Wildman–Crippen MR) is 0.686 cm³/mol. The normalized spacial score (nSPS) is 0.800. The zero-order valence-electron chi connectivity index (χ0n) is 2.14. The molecule has 0 fully saturated rings. The summed E-state index contributed by atoms with van der Waals surface area (Å²) in [5, 5.41) is 0. The molecule has 1 nitrogen and oxygen atoms in total. The summed E-state index contributed by atoms with van der Waals surface area (Å²) in [6.07, 6.45) is 0. The molecule has 5 heteroatoms. The Labute approximate surface area is 71.9 Å². The molecule has 0 aromatic heterocycles. The third-order valence-electron chi connectivity index (χ3n) is 0. The van der Waals surface area contributed by atoms with Gasteiger partial charge in [-0.25, -0.2) is 0 Å². The van der Waals surface area contributed by atoms with Crippen LogP contribution < -0.4 is 0 Å². The molecule has 0 aliphatic rings. The molecule has 0 rings (SSSR count). The molecule has 0 aliphatic carbocycles. The zero-order valence-corrected chi connectivity index (χ0v) is 8.32. The van der Waals surface area contributed by atoms with Gasteiger partial charge in [-0.3, -0.25) is 0 Å². The van der Waals surface area contributed by atoms with Gasteiger partial charge < -0.3 is 0 Å². The van der Waals surface area contributed by atoms with Crippen molar-refractivity contribution in [3.63, 3.8) is 0 Å². The molecule has 0 bridgehead atoms. The van der Waals surface area contributed by atoms with Gasteiger partial charge >= 0.3 is 19.8 Å².